The van der Waals surface area contributed by atoms with Gasteiger partial charge in [0.2, 0.25) is 0 Å². The lowest BCUT2D eigenvalue weighted by Crippen LogP contribution is -2.44. The lowest BCUT2D eigenvalue weighted by atomic mass is 9.73. The summed E-state index contributed by atoms with van der Waals surface area (Å²) in [6, 6.07) is 18.2. The maximum atomic E-state index is 3.81. The maximum Gasteiger partial charge on any atom is 0.0568 e. The summed E-state index contributed by atoms with van der Waals surface area (Å²) < 4.78 is 0. The average Bonchev–Trinajstić information content (AvgIpc) is 2.61. The third-order valence-corrected chi connectivity index (χ3v) is 5.82. The number of benzene rings is 2. The topological polar surface area (TPSA) is 18.5 Å². The highest BCUT2D eigenvalue weighted by atomic mass is 15.2. The van der Waals surface area contributed by atoms with Crippen LogP contribution in [0.3, 0.4) is 0 Å². The average molecular weight is 335 g/mol. The summed E-state index contributed by atoms with van der Waals surface area (Å²) in [5.41, 5.74) is 5.67. The van der Waals surface area contributed by atoms with Gasteiger partial charge in [-0.3, -0.25) is 0 Å². The quantitative estimate of drug-likeness (QED) is 0.888. The van der Waals surface area contributed by atoms with Gasteiger partial charge in [0.1, 0.15) is 0 Å². The molecule has 1 fully saturated rings. The highest BCUT2D eigenvalue weighted by Crippen LogP contribution is 2.45. The Balaban J connectivity index is 1.62. The number of nitrogens with zero attached hydrogens (tertiary/aromatic N) is 2. The molecule has 2 aromatic carbocycles. The Morgan fingerprint density at radius 1 is 0.960 bits per heavy atom. The van der Waals surface area contributed by atoms with Crippen molar-refractivity contribution in [2.24, 2.45) is 5.41 Å². The molecule has 2 heterocycles. The zero-order valence-electron chi connectivity index (χ0n) is 15.6. The van der Waals surface area contributed by atoms with Gasteiger partial charge in [0, 0.05) is 37.6 Å². The van der Waals surface area contributed by atoms with Crippen molar-refractivity contribution in [2.45, 2.75) is 26.3 Å². The van der Waals surface area contributed by atoms with Crippen LogP contribution in [0.2, 0.25) is 0 Å². The van der Waals surface area contributed by atoms with E-state index in [-0.39, 0.29) is 5.41 Å². The Morgan fingerprint density at radius 3 is 2.52 bits per heavy atom. The second-order valence-corrected chi connectivity index (χ2v) is 8.29. The molecule has 3 nitrogen and oxygen atoms in total. The van der Waals surface area contributed by atoms with Crippen LogP contribution >= 0.6 is 0 Å². The van der Waals surface area contributed by atoms with Crippen LogP contribution in [0.4, 0.5) is 11.4 Å². The van der Waals surface area contributed by atoms with Gasteiger partial charge in [0.05, 0.1) is 6.04 Å². The van der Waals surface area contributed by atoms with Crippen molar-refractivity contribution in [3.63, 3.8) is 0 Å². The third-order valence-electron chi connectivity index (χ3n) is 5.82. The van der Waals surface area contributed by atoms with E-state index in [2.05, 4.69) is 84.5 Å². The molecule has 0 bridgehead atoms. The summed E-state index contributed by atoms with van der Waals surface area (Å²) in [5.74, 6) is 0. The molecule has 0 aliphatic carbocycles. The van der Waals surface area contributed by atoms with E-state index in [1.807, 2.05) is 0 Å². The van der Waals surface area contributed by atoms with E-state index < -0.39 is 0 Å². The van der Waals surface area contributed by atoms with Crippen LogP contribution < -0.4 is 10.2 Å². The number of rotatable bonds is 2. The van der Waals surface area contributed by atoms with Crippen LogP contribution in [0.5, 0.6) is 0 Å². The molecule has 1 saturated heterocycles. The Bertz CT molecular complexity index is 744. The molecule has 1 N–H and O–H groups in total. The van der Waals surface area contributed by atoms with E-state index in [0.29, 0.717) is 6.04 Å². The molecule has 1 unspecified atom stereocenters. The first-order valence-electron chi connectivity index (χ1n) is 9.41. The number of fused-ring (bicyclic) bond motifs is 1. The number of hydrogen-bond acceptors (Lipinski definition) is 3. The summed E-state index contributed by atoms with van der Waals surface area (Å²) in [7, 11) is 2.21. The van der Waals surface area contributed by atoms with Gasteiger partial charge in [-0.1, -0.05) is 44.2 Å². The Morgan fingerprint density at radius 2 is 1.72 bits per heavy atom. The zero-order chi connectivity index (χ0) is 17.4. The SMILES string of the molecule is CN1CCN(c2cccc(C3Nc4ccccc4CC3(C)C)c2)CC1. The fraction of sp³-hybridized carbons (Fsp3) is 0.455. The van der Waals surface area contributed by atoms with Gasteiger partial charge in [0.25, 0.3) is 0 Å². The zero-order valence-corrected chi connectivity index (χ0v) is 15.6. The molecule has 132 valence electrons. The van der Waals surface area contributed by atoms with Crippen molar-refractivity contribution in [1.82, 2.24) is 4.90 Å². The molecule has 1 atom stereocenters. The van der Waals surface area contributed by atoms with Crippen molar-refractivity contribution >= 4 is 11.4 Å². The van der Waals surface area contributed by atoms with E-state index in [0.717, 1.165) is 32.6 Å². The molecule has 0 aromatic heterocycles. The number of likely N-dealkylation sites (N-methyl/N-ethyl adjacent to an activating group) is 1. The van der Waals surface area contributed by atoms with Crippen LogP contribution in [0.15, 0.2) is 48.5 Å². The van der Waals surface area contributed by atoms with Gasteiger partial charge >= 0.3 is 0 Å². The second-order valence-electron chi connectivity index (χ2n) is 8.29. The predicted molar refractivity (Wildman–Crippen MR) is 106 cm³/mol. The monoisotopic (exact) mass is 335 g/mol. The molecule has 3 heteroatoms. The normalized spacial score (nSPS) is 23.0. The predicted octanol–water partition coefficient (Wildman–Crippen LogP) is 4.17. The molecule has 25 heavy (non-hydrogen) atoms. The van der Waals surface area contributed by atoms with Crippen molar-refractivity contribution in [1.29, 1.82) is 0 Å². The lowest BCUT2D eigenvalue weighted by molar-refractivity contribution is 0.295. The Hall–Kier alpha value is -2.00. The first-order chi connectivity index (χ1) is 12.0. The standard InChI is InChI=1S/C22H29N3/c1-22(2)16-18-7-4-5-10-20(18)23-21(22)17-8-6-9-19(15-17)25-13-11-24(3)12-14-25/h4-10,15,21,23H,11-14,16H2,1-3H3. The molecule has 2 aliphatic rings. The molecule has 0 amide bonds. The van der Waals surface area contributed by atoms with Crippen molar-refractivity contribution in [3.05, 3.63) is 59.7 Å². The molecular formula is C22H29N3. The van der Waals surface area contributed by atoms with E-state index in [1.54, 1.807) is 0 Å². The van der Waals surface area contributed by atoms with Crippen LogP contribution in [0.1, 0.15) is 31.0 Å². The van der Waals surface area contributed by atoms with E-state index in [1.165, 1.54) is 22.5 Å². The largest absolute Gasteiger partial charge is 0.377 e. The summed E-state index contributed by atoms with van der Waals surface area (Å²) >= 11 is 0. The molecule has 4 rings (SSSR count). The number of para-hydroxylation sites is 1. The number of anilines is 2. The summed E-state index contributed by atoms with van der Waals surface area (Å²) in [6.07, 6.45) is 1.11. The summed E-state index contributed by atoms with van der Waals surface area (Å²) in [4.78, 5) is 4.93. The van der Waals surface area contributed by atoms with Gasteiger partial charge in [0.15, 0.2) is 0 Å². The van der Waals surface area contributed by atoms with Crippen LogP contribution in [-0.4, -0.2) is 38.1 Å². The minimum absolute atomic E-state index is 0.190. The minimum atomic E-state index is 0.190. The lowest BCUT2D eigenvalue weighted by Gasteiger charge is -2.42. The van der Waals surface area contributed by atoms with Crippen molar-refractivity contribution in [3.8, 4) is 0 Å². The number of piperazine rings is 1. The first kappa shape index (κ1) is 16.5. The Labute approximate surface area is 151 Å². The van der Waals surface area contributed by atoms with E-state index >= 15 is 0 Å². The van der Waals surface area contributed by atoms with Crippen molar-refractivity contribution < 1.29 is 0 Å². The van der Waals surface area contributed by atoms with Gasteiger partial charge in [-0.15, -0.1) is 0 Å². The molecule has 0 radical (unpaired) electrons. The number of hydrogen-bond donors (Lipinski definition) is 1. The third kappa shape index (κ3) is 3.25. The van der Waals surface area contributed by atoms with Gasteiger partial charge in [-0.25, -0.2) is 0 Å². The fourth-order valence-corrected chi connectivity index (χ4v) is 4.26. The van der Waals surface area contributed by atoms with Gasteiger partial charge in [-0.05, 0) is 48.2 Å². The van der Waals surface area contributed by atoms with E-state index in [9.17, 15) is 0 Å². The molecular weight excluding hydrogens is 306 g/mol. The van der Waals surface area contributed by atoms with Gasteiger partial charge in [-0.2, -0.15) is 0 Å². The maximum absolute atomic E-state index is 3.81. The van der Waals surface area contributed by atoms with Crippen LogP contribution in [0, 0.1) is 5.41 Å². The molecule has 0 spiro atoms. The molecule has 2 aliphatic heterocycles. The highest BCUT2D eigenvalue weighted by molar-refractivity contribution is 5.58. The summed E-state index contributed by atoms with van der Waals surface area (Å²) in [6.45, 7) is 9.27. The Kier molecular flexibility index (Phi) is 4.20. The van der Waals surface area contributed by atoms with Crippen LogP contribution in [-0.2, 0) is 6.42 Å². The molecule has 0 saturated carbocycles. The minimum Gasteiger partial charge on any atom is -0.377 e. The highest BCUT2D eigenvalue weighted by Gasteiger charge is 2.35. The number of nitrogens with one attached hydrogen (secondary N) is 1. The first-order valence-corrected chi connectivity index (χ1v) is 9.41. The van der Waals surface area contributed by atoms with Crippen molar-refractivity contribution in [2.75, 3.05) is 43.4 Å². The van der Waals surface area contributed by atoms with E-state index in [4.69, 9.17) is 0 Å². The van der Waals surface area contributed by atoms with Gasteiger partial charge < -0.3 is 15.1 Å². The fourth-order valence-electron chi connectivity index (χ4n) is 4.26. The summed E-state index contributed by atoms with van der Waals surface area (Å²) in [5, 5.41) is 3.81. The smallest absolute Gasteiger partial charge is 0.0568 e. The molecule has 2 aromatic rings. The van der Waals surface area contributed by atoms with Crippen LogP contribution in [0.25, 0.3) is 0 Å². The second kappa shape index (κ2) is 6.38.